The molecule has 4 nitrogen and oxygen atoms in total. The average Bonchev–Trinajstić information content (AvgIpc) is 2.24. The van der Waals surface area contributed by atoms with Crippen LogP contribution in [-0.4, -0.2) is 25.6 Å². The van der Waals surface area contributed by atoms with Crippen LogP contribution in [0.15, 0.2) is 16.6 Å². The number of amides is 1. The Hall–Kier alpha value is -1.07. The standard InChI is InChI=1S/C11H13BrN2O2/c1-6-3-7(12)4-8-10(6)16-9(5-13)11(15)14(8)2/h3-4,9H,5,13H2,1-2H3. The molecular weight excluding hydrogens is 272 g/mol. The molecule has 1 aliphatic rings. The van der Waals surface area contributed by atoms with E-state index in [2.05, 4.69) is 15.9 Å². The van der Waals surface area contributed by atoms with E-state index in [1.165, 1.54) is 0 Å². The number of benzene rings is 1. The van der Waals surface area contributed by atoms with E-state index in [0.717, 1.165) is 21.5 Å². The molecule has 1 aliphatic heterocycles. The molecule has 0 saturated heterocycles. The molecule has 1 aromatic carbocycles. The van der Waals surface area contributed by atoms with Crippen molar-refractivity contribution >= 4 is 27.5 Å². The molecule has 16 heavy (non-hydrogen) atoms. The maximum atomic E-state index is 11.8. The van der Waals surface area contributed by atoms with Crippen LogP contribution in [0.1, 0.15) is 5.56 Å². The number of carbonyl (C=O) groups is 1. The second-order valence-electron chi connectivity index (χ2n) is 3.81. The molecule has 0 spiro atoms. The van der Waals surface area contributed by atoms with Crippen LogP contribution < -0.4 is 15.4 Å². The predicted octanol–water partition coefficient (Wildman–Crippen LogP) is 1.44. The largest absolute Gasteiger partial charge is 0.477 e. The SMILES string of the molecule is Cc1cc(Br)cc2c1OC(CN)C(=O)N2C. The number of fused-ring (bicyclic) bond motifs is 1. The zero-order chi connectivity index (χ0) is 11.9. The first-order valence-electron chi connectivity index (χ1n) is 4.99. The van der Waals surface area contributed by atoms with Gasteiger partial charge in [0, 0.05) is 18.1 Å². The van der Waals surface area contributed by atoms with E-state index in [4.69, 9.17) is 10.5 Å². The van der Waals surface area contributed by atoms with E-state index in [9.17, 15) is 4.79 Å². The summed E-state index contributed by atoms with van der Waals surface area (Å²) in [5.74, 6) is 0.633. The molecule has 1 aromatic rings. The second-order valence-corrected chi connectivity index (χ2v) is 4.73. The fourth-order valence-electron chi connectivity index (χ4n) is 1.79. The smallest absolute Gasteiger partial charge is 0.269 e. The van der Waals surface area contributed by atoms with E-state index in [1.54, 1.807) is 11.9 Å². The van der Waals surface area contributed by atoms with Gasteiger partial charge in [-0.3, -0.25) is 4.79 Å². The summed E-state index contributed by atoms with van der Waals surface area (Å²) in [5, 5.41) is 0. The van der Waals surface area contributed by atoms with Crippen LogP contribution in [0.3, 0.4) is 0 Å². The highest BCUT2D eigenvalue weighted by atomic mass is 79.9. The first kappa shape index (κ1) is 11.4. The second kappa shape index (κ2) is 4.07. The van der Waals surface area contributed by atoms with Gasteiger partial charge in [0.15, 0.2) is 6.10 Å². The molecule has 0 saturated carbocycles. The Kier molecular flexibility index (Phi) is 2.90. The number of carbonyl (C=O) groups excluding carboxylic acids is 1. The number of hydrogen-bond acceptors (Lipinski definition) is 3. The fourth-order valence-corrected chi connectivity index (χ4v) is 2.35. The quantitative estimate of drug-likeness (QED) is 0.849. The third-order valence-corrected chi connectivity index (χ3v) is 3.12. The number of nitrogens with two attached hydrogens (primary N) is 1. The summed E-state index contributed by atoms with van der Waals surface area (Å²) in [5.41, 5.74) is 7.28. The highest BCUT2D eigenvalue weighted by molar-refractivity contribution is 9.10. The normalized spacial score (nSPS) is 19.4. The summed E-state index contributed by atoms with van der Waals surface area (Å²) in [6.07, 6.45) is -0.572. The maximum absolute atomic E-state index is 11.8. The van der Waals surface area contributed by atoms with Crippen molar-refractivity contribution in [2.24, 2.45) is 5.73 Å². The summed E-state index contributed by atoms with van der Waals surface area (Å²) in [6, 6.07) is 3.82. The Labute approximate surface area is 102 Å². The number of anilines is 1. The summed E-state index contributed by atoms with van der Waals surface area (Å²) in [6.45, 7) is 2.14. The van der Waals surface area contributed by atoms with Crippen molar-refractivity contribution in [3.63, 3.8) is 0 Å². The van der Waals surface area contributed by atoms with Crippen LogP contribution in [0.2, 0.25) is 0 Å². The molecule has 0 bridgehead atoms. The Balaban J connectivity index is 2.54. The number of aryl methyl sites for hydroxylation is 1. The lowest BCUT2D eigenvalue weighted by Crippen LogP contribution is -2.47. The van der Waals surface area contributed by atoms with Crippen molar-refractivity contribution in [2.45, 2.75) is 13.0 Å². The Bertz CT molecular complexity index is 448. The summed E-state index contributed by atoms with van der Waals surface area (Å²) < 4.78 is 6.54. The van der Waals surface area contributed by atoms with Crippen LogP contribution >= 0.6 is 15.9 Å². The van der Waals surface area contributed by atoms with Gasteiger partial charge in [-0.05, 0) is 24.6 Å². The molecule has 86 valence electrons. The van der Waals surface area contributed by atoms with Crippen LogP contribution in [0.5, 0.6) is 5.75 Å². The molecule has 1 amide bonds. The number of hydrogen-bond donors (Lipinski definition) is 1. The van der Waals surface area contributed by atoms with Crippen molar-refractivity contribution in [1.29, 1.82) is 0 Å². The minimum Gasteiger partial charge on any atom is -0.477 e. The molecule has 0 fully saturated rings. The van der Waals surface area contributed by atoms with Gasteiger partial charge < -0.3 is 15.4 Å². The van der Waals surface area contributed by atoms with E-state index < -0.39 is 6.10 Å². The molecule has 1 heterocycles. The Morgan fingerprint density at radius 2 is 2.25 bits per heavy atom. The molecule has 2 rings (SSSR count). The summed E-state index contributed by atoms with van der Waals surface area (Å²) in [4.78, 5) is 13.4. The third-order valence-electron chi connectivity index (χ3n) is 2.66. The van der Waals surface area contributed by atoms with Crippen molar-refractivity contribution < 1.29 is 9.53 Å². The van der Waals surface area contributed by atoms with Crippen LogP contribution in [0, 0.1) is 6.92 Å². The average molecular weight is 285 g/mol. The van der Waals surface area contributed by atoms with Crippen molar-refractivity contribution in [3.8, 4) is 5.75 Å². The monoisotopic (exact) mass is 284 g/mol. The first-order valence-corrected chi connectivity index (χ1v) is 5.78. The van der Waals surface area contributed by atoms with Gasteiger partial charge in [0.2, 0.25) is 0 Å². The van der Waals surface area contributed by atoms with Gasteiger partial charge in [-0.15, -0.1) is 0 Å². The highest BCUT2D eigenvalue weighted by Gasteiger charge is 2.32. The van der Waals surface area contributed by atoms with Gasteiger partial charge in [0.05, 0.1) is 5.69 Å². The van der Waals surface area contributed by atoms with Gasteiger partial charge in [-0.25, -0.2) is 0 Å². The van der Waals surface area contributed by atoms with Gasteiger partial charge in [0.25, 0.3) is 5.91 Å². The Morgan fingerprint density at radius 3 is 2.88 bits per heavy atom. The topological polar surface area (TPSA) is 55.6 Å². The molecule has 1 atom stereocenters. The molecule has 0 aromatic heterocycles. The van der Waals surface area contributed by atoms with E-state index in [0.29, 0.717) is 0 Å². The minimum absolute atomic E-state index is 0.104. The minimum atomic E-state index is -0.572. The van der Waals surface area contributed by atoms with E-state index in [-0.39, 0.29) is 12.5 Å². The Morgan fingerprint density at radius 1 is 1.56 bits per heavy atom. The number of ether oxygens (including phenoxy) is 1. The summed E-state index contributed by atoms with van der Waals surface area (Å²) in [7, 11) is 1.73. The van der Waals surface area contributed by atoms with Crippen molar-refractivity contribution in [2.75, 3.05) is 18.5 Å². The number of halogens is 1. The lowest BCUT2D eigenvalue weighted by atomic mass is 10.1. The van der Waals surface area contributed by atoms with E-state index >= 15 is 0 Å². The maximum Gasteiger partial charge on any atom is 0.269 e. The fraction of sp³-hybridized carbons (Fsp3) is 0.364. The predicted molar refractivity (Wildman–Crippen MR) is 65.8 cm³/mol. The van der Waals surface area contributed by atoms with Crippen LogP contribution in [0.4, 0.5) is 5.69 Å². The van der Waals surface area contributed by atoms with Gasteiger partial charge >= 0.3 is 0 Å². The number of likely N-dealkylation sites (N-methyl/N-ethyl adjacent to an activating group) is 1. The molecule has 5 heteroatoms. The first-order chi connectivity index (χ1) is 7.54. The summed E-state index contributed by atoms with van der Waals surface area (Å²) >= 11 is 3.40. The lowest BCUT2D eigenvalue weighted by molar-refractivity contribution is -0.125. The highest BCUT2D eigenvalue weighted by Crippen LogP contribution is 2.38. The van der Waals surface area contributed by atoms with Gasteiger partial charge in [-0.2, -0.15) is 0 Å². The van der Waals surface area contributed by atoms with Crippen LogP contribution in [-0.2, 0) is 4.79 Å². The molecule has 0 radical (unpaired) electrons. The molecule has 2 N–H and O–H groups in total. The number of nitrogens with zero attached hydrogens (tertiary/aromatic N) is 1. The molecule has 1 unspecified atom stereocenters. The van der Waals surface area contributed by atoms with Gasteiger partial charge in [0.1, 0.15) is 5.75 Å². The molecular formula is C11H13BrN2O2. The number of rotatable bonds is 1. The van der Waals surface area contributed by atoms with Crippen molar-refractivity contribution in [3.05, 3.63) is 22.2 Å². The zero-order valence-corrected chi connectivity index (χ0v) is 10.7. The van der Waals surface area contributed by atoms with E-state index in [1.807, 2.05) is 19.1 Å². The molecule has 0 aliphatic carbocycles. The zero-order valence-electron chi connectivity index (χ0n) is 9.16. The van der Waals surface area contributed by atoms with Crippen LogP contribution in [0.25, 0.3) is 0 Å². The van der Waals surface area contributed by atoms with Gasteiger partial charge in [-0.1, -0.05) is 15.9 Å². The lowest BCUT2D eigenvalue weighted by Gasteiger charge is -2.32. The third kappa shape index (κ3) is 1.70. The van der Waals surface area contributed by atoms with Crippen molar-refractivity contribution in [1.82, 2.24) is 0 Å².